The highest BCUT2D eigenvalue weighted by molar-refractivity contribution is 5.21. The zero-order valence-electron chi connectivity index (χ0n) is 4.69. The van der Waals surface area contributed by atoms with E-state index in [4.69, 9.17) is 5.11 Å². The van der Waals surface area contributed by atoms with Crippen molar-refractivity contribution in [1.82, 2.24) is 0 Å². The Morgan fingerprint density at radius 2 is 2.00 bits per heavy atom. The van der Waals surface area contributed by atoms with Crippen molar-refractivity contribution >= 4 is 0 Å². The van der Waals surface area contributed by atoms with E-state index in [1.165, 1.54) is 0 Å². The van der Waals surface area contributed by atoms with E-state index in [0.29, 0.717) is 0 Å². The third-order valence-corrected chi connectivity index (χ3v) is 1.15. The van der Waals surface area contributed by atoms with Crippen LogP contribution in [0, 0.1) is 0 Å². The van der Waals surface area contributed by atoms with Crippen molar-refractivity contribution in [3.63, 3.8) is 0 Å². The number of aliphatic hydroxyl groups is 1. The van der Waals surface area contributed by atoms with Crippen molar-refractivity contribution in [2.45, 2.75) is 12.8 Å². The first kappa shape index (κ1) is 6.26. The average molecular weight is 132 g/mol. The van der Waals surface area contributed by atoms with Crippen LogP contribution in [-0.4, -0.2) is 5.11 Å². The molecule has 1 aliphatic rings. The van der Waals surface area contributed by atoms with Crippen LogP contribution in [-0.2, 0) is 0 Å². The first-order valence-electron chi connectivity index (χ1n) is 2.64. The highest BCUT2D eigenvalue weighted by Crippen LogP contribution is 2.23. The van der Waals surface area contributed by atoms with Crippen LogP contribution in [0.15, 0.2) is 23.5 Å². The molecule has 0 aromatic heterocycles. The molecule has 0 amide bonds. The van der Waals surface area contributed by atoms with E-state index in [2.05, 4.69) is 0 Å². The Kier molecular flexibility index (Phi) is 1.51. The van der Waals surface area contributed by atoms with E-state index in [9.17, 15) is 8.78 Å². The maximum Gasteiger partial charge on any atom is 0.149 e. The minimum Gasteiger partial charge on any atom is -0.505 e. The number of halogens is 2. The molecule has 0 spiro atoms. The van der Waals surface area contributed by atoms with Crippen LogP contribution in [0.4, 0.5) is 8.78 Å². The van der Waals surface area contributed by atoms with E-state index < -0.39 is 17.4 Å². The van der Waals surface area contributed by atoms with Gasteiger partial charge in [-0.15, -0.1) is 0 Å². The van der Waals surface area contributed by atoms with Gasteiger partial charge in [0, 0.05) is 18.9 Å². The van der Waals surface area contributed by atoms with Crippen LogP contribution in [0.25, 0.3) is 0 Å². The van der Waals surface area contributed by atoms with Gasteiger partial charge in [0.2, 0.25) is 0 Å². The van der Waals surface area contributed by atoms with Crippen LogP contribution < -0.4 is 0 Å². The molecule has 1 N–H and O–H groups in total. The normalized spacial score (nSPS) is 20.0. The van der Waals surface area contributed by atoms with Gasteiger partial charge < -0.3 is 5.11 Å². The molecule has 1 aliphatic carbocycles. The maximum atomic E-state index is 12.2. The quantitative estimate of drug-likeness (QED) is 0.536. The van der Waals surface area contributed by atoms with Crippen LogP contribution in [0.1, 0.15) is 12.8 Å². The molecule has 0 fully saturated rings. The number of allylic oxidation sites excluding steroid dienone is 3. The Balaban J connectivity index is 2.83. The molecule has 0 heterocycles. The number of hydrogen-bond acceptors (Lipinski definition) is 1. The second kappa shape index (κ2) is 2.17. The van der Waals surface area contributed by atoms with Gasteiger partial charge in [0.05, 0.1) is 0 Å². The summed E-state index contributed by atoms with van der Waals surface area (Å²) in [5, 5.41) is 8.54. The predicted molar refractivity (Wildman–Crippen MR) is 29.2 cm³/mol. The summed E-state index contributed by atoms with van der Waals surface area (Å²) < 4.78 is 24.3. The summed E-state index contributed by atoms with van der Waals surface area (Å²) in [6, 6.07) is 0. The van der Waals surface area contributed by atoms with Gasteiger partial charge in [0.1, 0.15) is 17.4 Å². The van der Waals surface area contributed by atoms with Crippen molar-refractivity contribution in [2.24, 2.45) is 0 Å². The number of rotatable bonds is 0. The maximum absolute atomic E-state index is 12.2. The van der Waals surface area contributed by atoms with Gasteiger partial charge in [-0.3, -0.25) is 0 Å². The summed E-state index contributed by atoms with van der Waals surface area (Å²) in [6.07, 6.45) is 0.850. The Hall–Kier alpha value is -0.860. The molecule has 3 heteroatoms. The van der Waals surface area contributed by atoms with Crippen molar-refractivity contribution in [1.29, 1.82) is 0 Å². The third kappa shape index (κ3) is 1.28. The van der Waals surface area contributed by atoms with E-state index >= 15 is 0 Å². The topological polar surface area (TPSA) is 20.2 Å². The summed E-state index contributed by atoms with van der Waals surface area (Å²) in [6.45, 7) is 0. The van der Waals surface area contributed by atoms with E-state index in [0.717, 1.165) is 6.08 Å². The van der Waals surface area contributed by atoms with Gasteiger partial charge >= 0.3 is 0 Å². The van der Waals surface area contributed by atoms with Gasteiger partial charge in [0.15, 0.2) is 0 Å². The van der Waals surface area contributed by atoms with E-state index in [-0.39, 0.29) is 12.8 Å². The standard InChI is InChI=1S/C6H6F2O/c7-4-1-2-5(8)6(9)3-4/h3,9H,1-2H2. The zero-order chi connectivity index (χ0) is 6.85. The van der Waals surface area contributed by atoms with Crippen LogP contribution in [0.5, 0.6) is 0 Å². The Bertz CT molecular complexity index is 181. The third-order valence-electron chi connectivity index (χ3n) is 1.15. The van der Waals surface area contributed by atoms with Crippen LogP contribution in [0.3, 0.4) is 0 Å². The minimum absolute atomic E-state index is 0.0197. The summed E-state index contributed by atoms with van der Waals surface area (Å²) in [7, 11) is 0. The van der Waals surface area contributed by atoms with E-state index in [1.807, 2.05) is 0 Å². The molecular weight excluding hydrogens is 126 g/mol. The van der Waals surface area contributed by atoms with Gasteiger partial charge in [-0.1, -0.05) is 0 Å². The van der Waals surface area contributed by atoms with Gasteiger partial charge in [-0.25, -0.2) is 8.78 Å². The fraction of sp³-hybridized carbons (Fsp3) is 0.333. The SMILES string of the molecule is OC1=C(F)CCC(F)=C1. The Morgan fingerprint density at radius 1 is 1.33 bits per heavy atom. The molecule has 0 unspecified atom stereocenters. The predicted octanol–water partition coefficient (Wildman–Crippen LogP) is 2.37. The highest BCUT2D eigenvalue weighted by Gasteiger charge is 2.10. The zero-order valence-corrected chi connectivity index (χ0v) is 4.69. The molecule has 9 heavy (non-hydrogen) atoms. The molecule has 50 valence electrons. The lowest BCUT2D eigenvalue weighted by Gasteiger charge is -2.03. The van der Waals surface area contributed by atoms with Crippen LogP contribution in [0.2, 0.25) is 0 Å². The number of aliphatic hydroxyl groups excluding tert-OH is 1. The summed E-state index contributed by atoms with van der Waals surface area (Å²) >= 11 is 0. The van der Waals surface area contributed by atoms with E-state index in [1.54, 1.807) is 0 Å². The lowest BCUT2D eigenvalue weighted by molar-refractivity contribution is 0.375. The second-order valence-electron chi connectivity index (χ2n) is 1.88. The number of hydrogen-bond donors (Lipinski definition) is 1. The lowest BCUT2D eigenvalue weighted by Crippen LogP contribution is -1.91. The smallest absolute Gasteiger partial charge is 0.149 e. The lowest BCUT2D eigenvalue weighted by atomic mass is 10.1. The van der Waals surface area contributed by atoms with Crippen molar-refractivity contribution in [3.8, 4) is 0 Å². The molecule has 0 saturated heterocycles. The Morgan fingerprint density at radius 3 is 2.44 bits per heavy atom. The minimum atomic E-state index is -0.628. The molecule has 0 saturated carbocycles. The molecule has 0 bridgehead atoms. The van der Waals surface area contributed by atoms with Gasteiger partial charge in [-0.2, -0.15) is 0 Å². The molecule has 0 atom stereocenters. The molecule has 0 aromatic carbocycles. The second-order valence-corrected chi connectivity index (χ2v) is 1.88. The molecule has 0 aliphatic heterocycles. The van der Waals surface area contributed by atoms with Gasteiger partial charge in [-0.05, 0) is 0 Å². The van der Waals surface area contributed by atoms with Crippen molar-refractivity contribution in [2.75, 3.05) is 0 Å². The largest absolute Gasteiger partial charge is 0.505 e. The highest BCUT2D eigenvalue weighted by atomic mass is 19.1. The first-order valence-corrected chi connectivity index (χ1v) is 2.64. The monoisotopic (exact) mass is 132 g/mol. The average Bonchev–Trinajstić information content (AvgIpc) is 1.80. The summed E-state index contributed by atoms with van der Waals surface area (Å²) in [5.74, 6) is -1.66. The van der Waals surface area contributed by atoms with Gasteiger partial charge in [0.25, 0.3) is 0 Å². The van der Waals surface area contributed by atoms with Crippen molar-refractivity contribution in [3.05, 3.63) is 23.5 Å². The fourth-order valence-corrected chi connectivity index (χ4v) is 0.656. The van der Waals surface area contributed by atoms with Crippen molar-refractivity contribution < 1.29 is 13.9 Å². The molecular formula is C6H6F2O. The molecule has 1 nitrogen and oxygen atoms in total. The van der Waals surface area contributed by atoms with Crippen LogP contribution >= 0.6 is 0 Å². The summed E-state index contributed by atoms with van der Waals surface area (Å²) in [5.41, 5.74) is 0. The fourth-order valence-electron chi connectivity index (χ4n) is 0.656. The summed E-state index contributed by atoms with van der Waals surface area (Å²) in [4.78, 5) is 0. The first-order chi connectivity index (χ1) is 4.20. The molecule has 0 radical (unpaired) electrons. The Labute approximate surface area is 51.3 Å². The molecule has 1 rings (SSSR count). The molecule has 0 aromatic rings.